The fourth-order valence-electron chi connectivity index (χ4n) is 5.30. The average molecular weight is 554 g/mol. The number of benzene rings is 1. The van der Waals surface area contributed by atoms with Crippen molar-refractivity contribution in [3.8, 4) is 0 Å². The molecular weight excluding hydrogens is 514 g/mol. The Morgan fingerprint density at radius 3 is 2.46 bits per heavy atom. The number of aromatic amines is 1. The monoisotopic (exact) mass is 553 g/mol. The van der Waals surface area contributed by atoms with Crippen LogP contribution in [0.15, 0.2) is 30.5 Å². The van der Waals surface area contributed by atoms with Crippen LogP contribution in [-0.2, 0) is 17.6 Å². The SMILES string of the molecule is CCc1sc([C@@H](Cc2c[nH]c3ccccc23)N(C(=O)[C@@H](N)CC(C)C)C(=O)N2CCCCCC2)nc1C(=O)O. The number of aromatic nitrogens is 2. The molecule has 0 spiro atoms. The van der Waals surface area contributed by atoms with Crippen LogP contribution < -0.4 is 5.73 Å². The molecule has 39 heavy (non-hydrogen) atoms. The zero-order valence-corrected chi connectivity index (χ0v) is 23.8. The Morgan fingerprint density at radius 2 is 1.85 bits per heavy atom. The van der Waals surface area contributed by atoms with E-state index < -0.39 is 24.0 Å². The van der Waals surface area contributed by atoms with E-state index in [2.05, 4.69) is 9.97 Å². The molecule has 0 saturated carbocycles. The van der Waals surface area contributed by atoms with E-state index in [0.717, 1.165) is 42.1 Å². The first-order valence-corrected chi connectivity index (χ1v) is 14.7. The van der Waals surface area contributed by atoms with E-state index in [1.165, 1.54) is 16.2 Å². The molecule has 0 unspecified atom stereocenters. The van der Waals surface area contributed by atoms with Crippen LogP contribution in [0.1, 0.15) is 84.9 Å². The number of fused-ring (bicyclic) bond motifs is 1. The van der Waals surface area contributed by atoms with E-state index in [4.69, 9.17) is 5.73 Å². The van der Waals surface area contributed by atoms with Crippen LogP contribution in [0.5, 0.6) is 0 Å². The predicted molar refractivity (Wildman–Crippen MR) is 153 cm³/mol. The van der Waals surface area contributed by atoms with Crippen molar-refractivity contribution >= 4 is 40.1 Å². The Labute approximate surface area is 233 Å². The number of hydrogen-bond donors (Lipinski definition) is 3. The lowest BCUT2D eigenvalue weighted by atomic mass is 10.0. The van der Waals surface area contributed by atoms with E-state index in [9.17, 15) is 19.5 Å². The third-order valence-electron chi connectivity index (χ3n) is 7.29. The Hall–Kier alpha value is -3.24. The second-order valence-corrected chi connectivity index (χ2v) is 11.8. The number of H-pyrrole nitrogens is 1. The molecular formula is C29H39N5O4S. The number of carboxylic acids is 1. The number of imide groups is 1. The number of amides is 3. The summed E-state index contributed by atoms with van der Waals surface area (Å²) in [5, 5.41) is 11.2. The number of thiazole rings is 1. The van der Waals surface area contributed by atoms with E-state index in [1.807, 2.05) is 51.2 Å². The largest absolute Gasteiger partial charge is 0.476 e. The van der Waals surface area contributed by atoms with E-state index in [1.54, 1.807) is 4.90 Å². The summed E-state index contributed by atoms with van der Waals surface area (Å²) in [6, 6.07) is 5.81. The van der Waals surface area contributed by atoms with Crippen LogP contribution in [0, 0.1) is 5.92 Å². The minimum absolute atomic E-state index is 0.0254. The molecule has 0 radical (unpaired) electrons. The summed E-state index contributed by atoms with van der Waals surface area (Å²) in [6.45, 7) is 7.00. The van der Waals surface area contributed by atoms with Crippen LogP contribution in [0.2, 0.25) is 0 Å². The predicted octanol–water partition coefficient (Wildman–Crippen LogP) is 5.37. The molecule has 4 N–H and O–H groups in total. The molecule has 2 atom stereocenters. The molecule has 1 aliphatic rings. The number of carboxylic acid groups (broad SMARTS) is 1. The van der Waals surface area contributed by atoms with Gasteiger partial charge in [-0.1, -0.05) is 51.8 Å². The molecule has 3 amide bonds. The van der Waals surface area contributed by atoms with Gasteiger partial charge in [0.2, 0.25) is 5.91 Å². The quantitative estimate of drug-likeness (QED) is 0.326. The van der Waals surface area contributed by atoms with Gasteiger partial charge in [-0.25, -0.2) is 14.6 Å². The third kappa shape index (κ3) is 6.50. The maximum absolute atomic E-state index is 14.2. The number of hydrogen-bond acceptors (Lipinski definition) is 6. The average Bonchev–Trinajstić information content (AvgIpc) is 3.42. The lowest BCUT2D eigenvalue weighted by Crippen LogP contribution is -2.54. The molecule has 1 saturated heterocycles. The van der Waals surface area contributed by atoms with Gasteiger partial charge >= 0.3 is 12.0 Å². The second kappa shape index (κ2) is 12.7. The van der Waals surface area contributed by atoms with Gasteiger partial charge in [0.15, 0.2) is 5.69 Å². The van der Waals surface area contributed by atoms with Gasteiger partial charge in [0.05, 0.1) is 12.1 Å². The van der Waals surface area contributed by atoms with Gasteiger partial charge in [-0.2, -0.15) is 0 Å². The van der Waals surface area contributed by atoms with Crippen molar-refractivity contribution in [2.75, 3.05) is 13.1 Å². The lowest BCUT2D eigenvalue weighted by molar-refractivity contribution is -0.132. The van der Waals surface area contributed by atoms with Crippen molar-refractivity contribution in [1.29, 1.82) is 0 Å². The smallest absolute Gasteiger partial charge is 0.355 e. The van der Waals surface area contributed by atoms with Crippen molar-refractivity contribution < 1.29 is 19.5 Å². The zero-order valence-electron chi connectivity index (χ0n) is 23.0. The van der Waals surface area contributed by atoms with Crippen molar-refractivity contribution in [1.82, 2.24) is 19.8 Å². The van der Waals surface area contributed by atoms with Crippen LogP contribution in [0.3, 0.4) is 0 Å². The molecule has 9 nitrogen and oxygen atoms in total. The fourth-order valence-corrected chi connectivity index (χ4v) is 6.39. The Bertz CT molecular complexity index is 1310. The van der Waals surface area contributed by atoms with E-state index in [0.29, 0.717) is 42.2 Å². The molecule has 3 aromatic rings. The van der Waals surface area contributed by atoms with Crippen molar-refractivity contribution in [2.45, 2.75) is 77.8 Å². The van der Waals surface area contributed by atoms with Gasteiger partial charge in [0.1, 0.15) is 5.01 Å². The topological polar surface area (TPSA) is 133 Å². The number of nitrogens with zero attached hydrogens (tertiary/aromatic N) is 3. The lowest BCUT2D eigenvalue weighted by Gasteiger charge is -2.35. The minimum atomic E-state index is -1.12. The number of aromatic carboxylic acids is 1. The number of carbonyl (C=O) groups excluding carboxylic acids is 2. The van der Waals surface area contributed by atoms with Gasteiger partial charge < -0.3 is 20.7 Å². The van der Waals surface area contributed by atoms with Gasteiger partial charge in [-0.15, -0.1) is 11.3 Å². The number of nitrogens with one attached hydrogen (secondary N) is 1. The molecule has 210 valence electrons. The first kappa shape index (κ1) is 28.8. The molecule has 1 aromatic carbocycles. The molecule has 0 aliphatic carbocycles. The number of aryl methyl sites for hydroxylation is 1. The van der Waals surface area contributed by atoms with Crippen LogP contribution >= 0.6 is 11.3 Å². The van der Waals surface area contributed by atoms with Crippen molar-refractivity contribution in [2.24, 2.45) is 11.7 Å². The van der Waals surface area contributed by atoms with Crippen molar-refractivity contribution in [3.63, 3.8) is 0 Å². The summed E-state index contributed by atoms with van der Waals surface area (Å²) in [5.74, 6) is -1.40. The number of rotatable bonds is 9. The number of carbonyl (C=O) groups is 3. The van der Waals surface area contributed by atoms with Gasteiger partial charge in [0.25, 0.3) is 0 Å². The summed E-state index contributed by atoms with van der Waals surface area (Å²) in [4.78, 5) is 51.7. The highest BCUT2D eigenvalue weighted by molar-refractivity contribution is 7.12. The van der Waals surface area contributed by atoms with E-state index >= 15 is 0 Å². The van der Waals surface area contributed by atoms with Crippen molar-refractivity contribution in [3.05, 3.63) is 51.6 Å². The summed E-state index contributed by atoms with van der Waals surface area (Å²) < 4.78 is 0. The maximum atomic E-state index is 14.2. The molecule has 10 heteroatoms. The number of nitrogens with two attached hydrogens (primary N) is 1. The fraction of sp³-hybridized carbons (Fsp3) is 0.517. The third-order valence-corrected chi connectivity index (χ3v) is 8.59. The summed E-state index contributed by atoms with van der Waals surface area (Å²) in [7, 11) is 0. The first-order valence-electron chi connectivity index (χ1n) is 13.9. The molecule has 4 rings (SSSR count). The van der Waals surface area contributed by atoms with Gasteiger partial charge in [-0.3, -0.25) is 9.69 Å². The summed E-state index contributed by atoms with van der Waals surface area (Å²) >= 11 is 1.26. The molecule has 1 fully saturated rings. The minimum Gasteiger partial charge on any atom is -0.476 e. The highest BCUT2D eigenvalue weighted by atomic mass is 32.1. The number of para-hydroxylation sites is 1. The summed E-state index contributed by atoms with van der Waals surface area (Å²) in [5.41, 5.74) is 8.26. The van der Waals surface area contributed by atoms with Crippen LogP contribution in [0.25, 0.3) is 10.9 Å². The molecule has 0 bridgehead atoms. The van der Waals surface area contributed by atoms with E-state index in [-0.39, 0.29) is 17.6 Å². The van der Waals surface area contributed by atoms with Crippen LogP contribution in [-0.4, -0.2) is 61.9 Å². The second-order valence-electron chi connectivity index (χ2n) is 10.7. The Morgan fingerprint density at radius 1 is 1.15 bits per heavy atom. The zero-order chi connectivity index (χ0) is 28.1. The molecule has 1 aliphatic heterocycles. The van der Waals surface area contributed by atoms with Gasteiger partial charge in [0, 0.05) is 41.5 Å². The molecule has 2 aromatic heterocycles. The van der Waals surface area contributed by atoms with Gasteiger partial charge in [-0.05, 0) is 43.2 Å². The van der Waals surface area contributed by atoms with Crippen LogP contribution in [0.4, 0.5) is 4.79 Å². The standard InChI is InChI=1S/C29H39N5O4S/c1-4-24-25(28(36)37)32-26(39-24)23(16-19-17-31-22-12-8-7-11-20(19)22)34(27(35)21(30)15-18(2)3)29(38)33-13-9-5-6-10-14-33/h7-8,11-12,17-18,21,23,31H,4-6,9-10,13-16,30H2,1-3H3,(H,36,37)/t21-,23+/m0/s1. The first-order chi connectivity index (χ1) is 18.7. The number of likely N-dealkylation sites (tertiary alicyclic amines) is 1. The summed E-state index contributed by atoms with van der Waals surface area (Å²) in [6.07, 6.45) is 6.92. The molecule has 3 heterocycles. The normalized spacial score (nSPS) is 15.8. The Balaban J connectivity index is 1.85. The Kier molecular flexibility index (Phi) is 9.40. The highest BCUT2D eigenvalue weighted by Crippen LogP contribution is 2.35. The maximum Gasteiger partial charge on any atom is 0.355 e. The highest BCUT2D eigenvalue weighted by Gasteiger charge is 2.39. The number of urea groups is 1.